The summed E-state index contributed by atoms with van der Waals surface area (Å²) < 4.78 is 10.4. The molecule has 0 saturated heterocycles. The van der Waals surface area contributed by atoms with E-state index in [0.717, 1.165) is 23.5 Å². The van der Waals surface area contributed by atoms with Gasteiger partial charge >= 0.3 is 0 Å². The zero-order valence-corrected chi connectivity index (χ0v) is 10.3. The topological polar surface area (TPSA) is 18.5 Å². The fraction of sp³-hybridized carbons (Fsp3) is 0.429. The van der Waals surface area contributed by atoms with Crippen molar-refractivity contribution in [3.05, 3.63) is 23.8 Å². The first-order chi connectivity index (χ1) is 7.67. The Morgan fingerprint density at radius 3 is 2.50 bits per heavy atom. The van der Waals surface area contributed by atoms with Gasteiger partial charge in [-0.1, -0.05) is 25.7 Å². The summed E-state index contributed by atoms with van der Waals surface area (Å²) in [5.41, 5.74) is 0.877. The molecule has 0 spiro atoms. The predicted molar refractivity (Wildman–Crippen MR) is 65.9 cm³/mol. The highest BCUT2D eigenvalue weighted by atomic mass is 16.5. The molecule has 0 N–H and O–H groups in total. The third-order valence-electron chi connectivity index (χ3n) is 2.14. The molecule has 2 nitrogen and oxygen atoms in total. The molecule has 0 aliphatic heterocycles. The lowest BCUT2D eigenvalue weighted by molar-refractivity contribution is 0.402. The maximum Gasteiger partial charge on any atom is 0.134 e. The fourth-order valence-electron chi connectivity index (χ4n) is 1.26. The Morgan fingerprint density at radius 2 is 1.94 bits per heavy atom. The quantitative estimate of drug-likeness (QED) is 0.726. The van der Waals surface area contributed by atoms with Crippen LogP contribution in [0.15, 0.2) is 18.2 Å². The Morgan fingerprint density at radius 1 is 1.19 bits per heavy atom. The minimum Gasteiger partial charge on any atom is -0.497 e. The summed E-state index contributed by atoms with van der Waals surface area (Å²) in [7, 11) is 3.29. The molecule has 86 valence electrons. The van der Waals surface area contributed by atoms with Crippen LogP contribution in [0.25, 0.3) is 0 Å². The van der Waals surface area contributed by atoms with Gasteiger partial charge in [0.2, 0.25) is 0 Å². The summed E-state index contributed by atoms with van der Waals surface area (Å²) in [4.78, 5) is 0. The SMILES string of the molecule is COc1ccc(OC)c(C#CCC(C)C)c1. The minimum absolute atomic E-state index is 0.587. The summed E-state index contributed by atoms with van der Waals surface area (Å²) in [5, 5.41) is 0. The first-order valence-electron chi connectivity index (χ1n) is 5.38. The normalized spacial score (nSPS) is 9.56. The molecule has 1 aromatic rings. The second kappa shape index (κ2) is 6.07. The molecule has 0 atom stereocenters. The van der Waals surface area contributed by atoms with E-state index in [1.165, 1.54) is 0 Å². The molecule has 0 bridgehead atoms. The van der Waals surface area contributed by atoms with Crippen LogP contribution in [0, 0.1) is 17.8 Å². The number of hydrogen-bond acceptors (Lipinski definition) is 2. The lowest BCUT2D eigenvalue weighted by Crippen LogP contribution is -1.90. The molecule has 0 amide bonds. The smallest absolute Gasteiger partial charge is 0.134 e. The molecule has 0 saturated carbocycles. The zero-order valence-electron chi connectivity index (χ0n) is 10.3. The van der Waals surface area contributed by atoms with Crippen molar-refractivity contribution in [3.63, 3.8) is 0 Å². The Kier molecular flexibility index (Phi) is 4.72. The summed E-state index contributed by atoms with van der Waals surface area (Å²) in [5.74, 6) is 8.43. The predicted octanol–water partition coefficient (Wildman–Crippen LogP) is 3.10. The maximum absolute atomic E-state index is 5.24. The van der Waals surface area contributed by atoms with Gasteiger partial charge in [-0.3, -0.25) is 0 Å². The molecular formula is C14H18O2. The Labute approximate surface area is 97.6 Å². The van der Waals surface area contributed by atoms with Gasteiger partial charge in [0.25, 0.3) is 0 Å². The molecule has 0 aliphatic carbocycles. The van der Waals surface area contributed by atoms with Crippen LogP contribution >= 0.6 is 0 Å². The van der Waals surface area contributed by atoms with Gasteiger partial charge < -0.3 is 9.47 Å². The van der Waals surface area contributed by atoms with Gasteiger partial charge in [-0.2, -0.15) is 0 Å². The second-order valence-electron chi connectivity index (χ2n) is 3.97. The van der Waals surface area contributed by atoms with Crippen LogP contribution in [0.2, 0.25) is 0 Å². The number of hydrogen-bond donors (Lipinski definition) is 0. The van der Waals surface area contributed by atoms with Crippen molar-refractivity contribution < 1.29 is 9.47 Å². The van der Waals surface area contributed by atoms with Crippen LogP contribution < -0.4 is 9.47 Å². The van der Waals surface area contributed by atoms with Gasteiger partial charge in [-0.25, -0.2) is 0 Å². The van der Waals surface area contributed by atoms with Crippen LogP contribution in [-0.4, -0.2) is 14.2 Å². The molecule has 2 heteroatoms. The van der Waals surface area contributed by atoms with E-state index in [9.17, 15) is 0 Å². The fourth-order valence-corrected chi connectivity index (χ4v) is 1.26. The number of methoxy groups -OCH3 is 2. The van der Waals surface area contributed by atoms with Crippen LogP contribution in [-0.2, 0) is 0 Å². The molecular weight excluding hydrogens is 200 g/mol. The van der Waals surface area contributed by atoms with E-state index >= 15 is 0 Å². The number of benzene rings is 1. The van der Waals surface area contributed by atoms with E-state index in [2.05, 4.69) is 25.7 Å². The van der Waals surface area contributed by atoms with Crippen molar-refractivity contribution in [1.82, 2.24) is 0 Å². The molecule has 0 fully saturated rings. The van der Waals surface area contributed by atoms with Gasteiger partial charge in [0.15, 0.2) is 0 Å². The minimum atomic E-state index is 0.587. The third kappa shape index (κ3) is 3.51. The molecule has 0 radical (unpaired) electrons. The lowest BCUT2D eigenvalue weighted by atomic mass is 10.1. The molecule has 0 heterocycles. The molecule has 16 heavy (non-hydrogen) atoms. The van der Waals surface area contributed by atoms with E-state index in [0.29, 0.717) is 5.92 Å². The number of rotatable bonds is 3. The second-order valence-corrected chi connectivity index (χ2v) is 3.97. The summed E-state index contributed by atoms with van der Waals surface area (Å²) in [6.07, 6.45) is 0.889. The van der Waals surface area contributed by atoms with Crippen molar-refractivity contribution in [2.75, 3.05) is 14.2 Å². The third-order valence-corrected chi connectivity index (χ3v) is 2.14. The van der Waals surface area contributed by atoms with E-state index < -0.39 is 0 Å². The Balaban J connectivity index is 2.93. The van der Waals surface area contributed by atoms with E-state index in [-0.39, 0.29) is 0 Å². The maximum atomic E-state index is 5.24. The van der Waals surface area contributed by atoms with Crippen molar-refractivity contribution in [2.45, 2.75) is 20.3 Å². The molecule has 0 unspecified atom stereocenters. The van der Waals surface area contributed by atoms with E-state index in [1.807, 2.05) is 18.2 Å². The highest BCUT2D eigenvalue weighted by Gasteiger charge is 2.01. The van der Waals surface area contributed by atoms with Crippen LogP contribution in [0.4, 0.5) is 0 Å². The van der Waals surface area contributed by atoms with Gasteiger partial charge in [-0.15, -0.1) is 0 Å². The van der Waals surface area contributed by atoms with Gasteiger partial charge in [0, 0.05) is 6.42 Å². The lowest BCUT2D eigenvalue weighted by Gasteiger charge is -2.05. The van der Waals surface area contributed by atoms with Crippen molar-refractivity contribution >= 4 is 0 Å². The van der Waals surface area contributed by atoms with Crippen LogP contribution in [0.1, 0.15) is 25.8 Å². The first-order valence-corrected chi connectivity index (χ1v) is 5.38. The molecule has 1 aromatic carbocycles. The molecule has 1 rings (SSSR count). The van der Waals surface area contributed by atoms with Crippen LogP contribution in [0.5, 0.6) is 11.5 Å². The average Bonchev–Trinajstić information content (AvgIpc) is 2.28. The monoisotopic (exact) mass is 218 g/mol. The molecule has 0 aromatic heterocycles. The van der Waals surface area contributed by atoms with Gasteiger partial charge in [0.05, 0.1) is 19.8 Å². The van der Waals surface area contributed by atoms with Crippen molar-refractivity contribution in [1.29, 1.82) is 0 Å². The van der Waals surface area contributed by atoms with Gasteiger partial charge in [0.1, 0.15) is 11.5 Å². The van der Waals surface area contributed by atoms with Crippen molar-refractivity contribution in [2.24, 2.45) is 5.92 Å². The van der Waals surface area contributed by atoms with E-state index in [1.54, 1.807) is 14.2 Å². The number of ether oxygens (including phenoxy) is 2. The van der Waals surface area contributed by atoms with E-state index in [4.69, 9.17) is 9.47 Å². The van der Waals surface area contributed by atoms with Crippen LogP contribution in [0.3, 0.4) is 0 Å². The highest BCUT2D eigenvalue weighted by molar-refractivity contribution is 5.50. The van der Waals surface area contributed by atoms with Gasteiger partial charge in [-0.05, 0) is 24.1 Å². The first kappa shape index (κ1) is 12.4. The summed E-state index contributed by atoms with van der Waals surface area (Å²) in [6.45, 7) is 4.30. The standard InChI is InChI=1S/C14H18O2/c1-11(2)6-5-7-12-10-13(15-3)8-9-14(12)16-4/h8-11H,6H2,1-4H3. The average molecular weight is 218 g/mol. The zero-order chi connectivity index (χ0) is 12.0. The largest absolute Gasteiger partial charge is 0.497 e. The summed E-state index contributed by atoms with van der Waals surface area (Å²) in [6, 6.07) is 5.64. The van der Waals surface area contributed by atoms with Crippen molar-refractivity contribution in [3.8, 4) is 23.3 Å². The Bertz CT molecular complexity index is 397. The highest BCUT2D eigenvalue weighted by Crippen LogP contribution is 2.22. The Hall–Kier alpha value is -1.62. The summed E-state index contributed by atoms with van der Waals surface area (Å²) >= 11 is 0. The molecule has 0 aliphatic rings.